The fraction of sp³-hybridized carbons (Fsp3) is 0.455. The van der Waals surface area contributed by atoms with Crippen molar-refractivity contribution >= 4 is 10.1 Å². The first kappa shape index (κ1) is 26.6. The van der Waals surface area contributed by atoms with Crippen LogP contribution in [0.3, 0.4) is 0 Å². The van der Waals surface area contributed by atoms with Gasteiger partial charge in [-0.3, -0.25) is 4.55 Å². The molecule has 2 aromatic rings. The zero-order valence-electron chi connectivity index (χ0n) is 17.4. The Balaban J connectivity index is 0.00000420. The Labute approximate surface area is 217 Å². The molecule has 0 aromatic heterocycles. The molecule has 154 valence electrons. The summed E-state index contributed by atoms with van der Waals surface area (Å²) in [5, 5.41) is 12.3. The van der Waals surface area contributed by atoms with Crippen LogP contribution >= 0.6 is 0 Å². The largest absolute Gasteiger partial charge is 1.00 e. The van der Waals surface area contributed by atoms with Crippen LogP contribution in [-0.2, 0) is 16.5 Å². The molecule has 0 unspecified atom stereocenters. The molecule has 0 atom stereocenters. The maximum Gasteiger partial charge on any atom is 1.00 e. The number of hydrogen-bond donors (Lipinski definition) is 1. The van der Waals surface area contributed by atoms with Gasteiger partial charge in [0, 0.05) is 0 Å². The summed E-state index contributed by atoms with van der Waals surface area (Å²) in [4.78, 5) is -0.315. The van der Waals surface area contributed by atoms with Crippen molar-refractivity contribution in [2.45, 2.75) is 69.6 Å². The normalized spacial score (nSPS) is 11.1. The number of ether oxygens (including phenoxy) is 1. The Bertz CT molecular complexity index is 852. The predicted molar refractivity (Wildman–Crippen MR) is 109 cm³/mol. The van der Waals surface area contributed by atoms with Crippen molar-refractivity contribution in [3.05, 3.63) is 48.0 Å². The van der Waals surface area contributed by atoms with Crippen molar-refractivity contribution in [3.8, 4) is 17.2 Å². The molecule has 0 amide bonds. The second kappa shape index (κ2) is 13.8. The first-order chi connectivity index (χ1) is 13.4. The van der Waals surface area contributed by atoms with Gasteiger partial charge in [-0.05, 0) is 36.6 Å². The molecule has 0 bridgehead atoms. The Kier molecular flexibility index (Phi) is 12.7. The molecule has 0 aliphatic carbocycles. The van der Waals surface area contributed by atoms with Crippen molar-refractivity contribution in [2.75, 3.05) is 0 Å². The summed E-state index contributed by atoms with van der Waals surface area (Å²) in [5.74, 6) is 0.226. The Morgan fingerprint density at radius 1 is 0.862 bits per heavy atom. The van der Waals surface area contributed by atoms with Crippen LogP contribution in [0.2, 0.25) is 0 Å². The second-order valence-corrected chi connectivity index (χ2v) is 8.37. The van der Waals surface area contributed by atoms with E-state index in [9.17, 15) is 18.1 Å². The van der Waals surface area contributed by atoms with Gasteiger partial charge in [0.2, 0.25) is 0 Å². The van der Waals surface area contributed by atoms with E-state index in [1.54, 1.807) is 18.2 Å². The number of unbranched alkanes of at least 4 members (excludes halogenated alkanes) is 7. The van der Waals surface area contributed by atoms with Crippen molar-refractivity contribution < 1.29 is 74.2 Å². The summed E-state index contributed by atoms with van der Waals surface area (Å²) in [6, 6.07) is 10.6. The Morgan fingerprint density at radius 2 is 1.45 bits per heavy atom. The molecule has 5 nitrogen and oxygen atoms in total. The number of rotatable bonds is 12. The van der Waals surface area contributed by atoms with Crippen molar-refractivity contribution in [1.82, 2.24) is 0 Å². The topological polar surface area (TPSA) is 86.7 Å². The molecule has 7 heteroatoms. The summed E-state index contributed by atoms with van der Waals surface area (Å²) in [7, 11) is -4.41. The van der Waals surface area contributed by atoms with Gasteiger partial charge in [-0.2, -0.15) is 8.42 Å². The van der Waals surface area contributed by atoms with Gasteiger partial charge in [-0.1, -0.05) is 76.1 Å². The van der Waals surface area contributed by atoms with Crippen molar-refractivity contribution in [2.24, 2.45) is 0 Å². The Hall–Kier alpha value is -0.414. The zero-order chi connectivity index (χ0) is 20.4. The Morgan fingerprint density at radius 3 is 2.10 bits per heavy atom. The van der Waals surface area contributed by atoms with E-state index in [4.69, 9.17) is 4.74 Å². The van der Waals surface area contributed by atoms with Crippen LogP contribution in [0, 0.1) is 0 Å². The standard InChI is InChI=1S/C22H30O5S.K/c1-2-3-4-5-6-7-8-9-13-18-19(23)14-12-16-20(18)27-21-15-10-11-17-22(21)28(24,25)26;/h10-12,14-17,23H,2-9,13H2,1H3,(H,24,25,26);/q;+1/p-1. The SMILES string of the molecule is CCCCCCCCCCc1c([O-])cccc1Oc1ccccc1S(=O)(=O)O.[K+]. The first-order valence-electron chi connectivity index (χ1n) is 9.96. The van der Waals surface area contributed by atoms with Crippen LogP contribution in [0.1, 0.15) is 63.9 Å². The maximum atomic E-state index is 12.3. The molecule has 2 aromatic carbocycles. The molecule has 0 fully saturated rings. The van der Waals surface area contributed by atoms with Crippen molar-refractivity contribution in [3.63, 3.8) is 0 Å². The van der Waals surface area contributed by atoms with Gasteiger partial charge in [-0.25, -0.2) is 0 Å². The fourth-order valence-electron chi connectivity index (χ4n) is 3.19. The minimum Gasteiger partial charge on any atom is -0.872 e. The van der Waals surface area contributed by atoms with E-state index in [0.717, 1.165) is 19.3 Å². The van der Waals surface area contributed by atoms with Gasteiger partial charge in [0.25, 0.3) is 10.1 Å². The summed E-state index contributed by atoms with van der Waals surface area (Å²) < 4.78 is 38.2. The molecule has 0 saturated carbocycles. The number of benzene rings is 2. The van der Waals surface area contributed by atoms with Gasteiger partial charge < -0.3 is 9.84 Å². The molecule has 2 rings (SSSR count). The summed E-state index contributed by atoms with van der Waals surface area (Å²) in [6.07, 6.45) is 9.93. The van der Waals surface area contributed by atoms with E-state index >= 15 is 0 Å². The molecule has 0 aliphatic rings. The van der Waals surface area contributed by atoms with Crippen LogP contribution < -0.4 is 61.2 Å². The smallest absolute Gasteiger partial charge is 0.872 e. The average molecular weight is 445 g/mol. The number of hydrogen-bond acceptors (Lipinski definition) is 4. The van der Waals surface area contributed by atoms with E-state index in [-0.39, 0.29) is 67.8 Å². The fourth-order valence-corrected chi connectivity index (χ4v) is 3.80. The second-order valence-electron chi connectivity index (χ2n) is 6.98. The quantitative estimate of drug-likeness (QED) is 0.309. The van der Waals surface area contributed by atoms with Crippen LogP contribution in [-0.4, -0.2) is 13.0 Å². The maximum absolute atomic E-state index is 12.3. The van der Waals surface area contributed by atoms with Gasteiger partial charge in [0.05, 0.1) is 0 Å². The van der Waals surface area contributed by atoms with Crippen LogP contribution in [0.15, 0.2) is 47.4 Å². The number of para-hydroxylation sites is 1. The molecule has 0 radical (unpaired) electrons. The summed E-state index contributed by atoms with van der Waals surface area (Å²) in [5.41, 5.74) is 0.540. The van der Waals surface area contributed by atoms with E-state index in [0.29, 0.717) is 17.7 Å². The molecule has 0 heterocycles. The molecular formula is C22H29KO5S. The minimum absolute atomic E-state index is 0. The molecule has 0 saturated heterocycles. The zero-order valence-corrected chi connectivity index (χ0v) is 21.3. The molecule has 1 N–H and O–H groups in total. The summed E-state index contributed by atoms with van der Waals surface area (Å²) in [6.45, 7) is 2.20. The molecule has 29 heavy (non-hydrogen) atoms. The monoisotopic (exact) mass is 444 g/mol. The van der Waals surface area contributed by atoms with E-state index < -0.39 is 10.1 Å². The molecule has 0 spiro atoms. The average Bonchev–Trinajstić information content (AvgIpc) is 2.65. The third-order valence-corrected chi connectivity index (χ3v) is 5.61. The predicted octanol–water partition coefficient (Wildman–Crippen LogP) is 2.49. The van der Waals surface area contributed by atoms with Gasteiger partial charge in [-0.15, -0.1) is 5.75 Å². The molecular weight excluding hydrogens is 415 g/mol. The van der Waals surface area contributed by atoms with Crippen molar-refractivity contribution in [1.29, 1.82) is 0 Å². The van der Waals surface area contributed by atoms with Gasteiger partial charge in [0.15, 0.2) is 0 Å². The van der Waals surface area contributed by atoms with Crippen LogP contribution in [0.4, 0.5) is 0 Å². The third kappa shape index (κ3) is 9.08. The van der Waals surface area contributed by atoms with Gasteiger partial charge in [0.1, 0.15) is 16.4 Å². The molecule has 0 aliphatic heterocycles. The van der Waals surface area contributed by atoms with E-state index in [1.807, 2.05) is 0 Å². The van der Waals surface area contributed by atoms with E-state index in [2.05, 4.69) is 6.92 Å². The van der Waals surface area contributed by atoms with E-state index in [1.165, 1.54) is 56.4 Å². The van der Waals surface area contributed by atoms with Crippen LogP contribution in [0.25, 0.3) is 0 Å². The first-order valence-corrected chi connectivity index (χ1v) is 11.4. The summed E-state index contributed by atoms with van der Waals surface area (Å²) >= 11 is 0. The third-order valence-electron chi connectivity index (χ3n) is 4.72. The van der Waals surface area contributed by atoms with Gasteiger partial charge >= 0.3 is 51.4 Å². The minimum atomic E-state index is -4.41. The van der Waals surface area contributed by atoms with Crippen LogP contribution in [0.5, 0.6) is 17.2 Å².